The Balaban J connectivity index is 1.70. The van der Waals surface area contributed by atoms with Crippen molar-refractivity contribution in [2.24, 2.45) is 0 Å². The minimum atomic E-state index is -0.427. The Hall–Kier alpha value is -3.14. The van der Waals surface area contributed by atoms with Gasteiger partial charge in [0, 0.05) is 10.7 Å². The molecule has 1 amide bonds. The molecule has 0 bridgehead atoms. The smallest absolute Gasteiger partial charge is 0.275 e. The maximum absolute atomic E-state index is 12.2. The van der Waals surface area contributed by atoms with E-state index in [2.05, 4.69) is 20.6 Å². The van der Waals surface area contributed by atoms with Crippen molar-refractivity contribution in [1.82, 2.24) is 9.97 Å². The first-order valence-electron chi connectivity index (χ1n) is 7.41. The number of amides is 1. The Morgan fingerprint density at radius 1 is 1.08 bits per heavy atom. The van der Waals surface area contributed by atoms with Crippen LogP contribution in [0.5, 0.6) is 0 Å². The summed E-state index contributed by atoms with van der Waals surface area (Å²) in [5.41, 5.74) is 1.72. The average molecular weight is 384 g/mol. The summed E-state index contributed by atoms with van der Waals surface area (Å²) >= 11 is 12.0. The molecule has 2 N–H and O–H groups in total. The molecule has 128 valence electrons. The number of rotatable bonds is 4. The molecule has 3 rings (SSSR count). The molecular formula is C18H11Cl2N5O. The van der Waals surface area contributed by atoms with Gasteiger partial charge in [-0.05, 0) is 36.4 Å². The van der Waals surface area contributed by atoms with Crippen LogP contribution in [0.1, 0.15) is 16.1 Å². The van der Waals surface area contributed by atoms with Crippen molar-refractivity contribution >= 4 is 46.3 Å². The van der Waals surface area contributed by atoms with Crippen LogP contribution in [0.15, 0.2) is 54.9 Å². The van der Waals surface area contributed by atoms with Gasteiger partial charge in [0.05, 0.1) is 34.7 Å². The normalized spacial score (nSPS) is 10.0. The van der Waals surface area contributed by atoms with Crippen LogP contribution in [-0.2, 0) is 0 Å². The highest BCUT2D eigenvalue weighted by Gasteiger charge is 2.10. The molecule has 0 saturated carbocycles. The van der Waals surface area contributed by atoms with E-state index in [4.69, 9.17) is 28.5 Å². The van der Waals surface area contributed by atoms with Gasteiger partial charge in [-0.2, -0.15) is 5.26 Å². The van der Waals surface area contributed by atoms with Gasteiger partial charge in [0.25, 0.3) is 5.91 Å². The number of nitrogens with zero attached hydrogens (tertiary/aromatic N) is 3. The van der Waals surface area contributed by atoms with Crippen molar-refractivity contribution in [2.45, 2.75) is 0 Å². The molecule has 8 heteroatoms. The second-order valence-corrected chi connectivity index (χ2v) is 6.03. The van der Waals surface area contributed by atoms with E-state index in [0.717, 1.165) is 0 Å². The van der Waals surface area contributed by atoms with Crippen LogP contribution in [-0.4, -0.2) is 15.9 Å². The topological polar surface area (TPSA) is 90.7 Å². The van der Waals surface area contributed by atoms with E-state index in [0.29, 0.717) is 32.8 Å². The van der Waals surface area contributed by atoms with Gasteiger partial charge in [0.15, 0.2) is 0 Å². The zero-order valence-electron chi connectivity index (χ0n) is 13.2. The summed E-state index contributed by atoms with van der Waals surface area (Å²) in [6.45, 7) is 0. The highest BCUT2D eigenvalue weighted by molar-refractivity contribution is 6.36. The number of nitriles is 1. The summed E-state index contributed by atoms with van der Waals surface area (Å²) in [4.78, 5) is 20.5. The van der Waals surface area contributed by atoms with Gasteiger partial charge in [-0.1, -0.05) is 29.3 Å². The largest absolute Gasteiger partial charge is 0.338 e. The highest BCUT2D eigenvalue weighted by atomic mass is 35.5. The highest BCUT2D eigenvalue weighted by Crippen LogP contribution is 2.27. The minimum absolute atomic E-state index is 0.139. The van der Waals surface area contributed by atoms with Crippen LogP contribution in [0.4, 0.5) is 17.2 Å². The van der Waals surface area contributed by atoms with Crippen molar-refractivity contribution < 1.29 is 4.79 Å². The first-order chi connectivity index (χ1) is 12.5. The molecule has 1 aromatic heterocycles. The van der Waals surface area contributed by atoms with Gasteiger partial charge in [0.1, 0.15) is 11.5 Å². The molecule has 0 aliphatic carbocycles. The number of halogens is 2. The summed E-state index contributed by atoms with van der Waals surface area (Å²) in [6.07, 6.45) is 2.77. The van der Waals surface area contributed by atoms with Crippen LogP contribution in [0, 0.1) is 11.3 Å². The van der Waals surface area contributed by atoms with Crippen molar-refractivity contribution in [3.05, 3.63) is 76.2 Å². The van der Waals surface area contributed by atoms with Crippen LogP contribution >= 0.6 is 23.2 Å². The van der Waals surface area contributed by atoms with Gasteiger partial charge in [-0.25, -0.2) is 9.97 Å². The molecule has 26 heavy (non-hydrogen) atoms. The standard InChI is InChI=1S/C18H11Cl2N5O/c19-12-4-5-15(14(20)7-12)25-17-10-22-16(9-23-17)18(26)24-13-3-1-2-11(6-13)8-21/h1-7,9-10H,(H,23,25)(H,24,26). The third-order valence-corrected chi connectivity index (χ3v) is 3.88. The van der Waals surface area contributed by atoms with E-state index in [1.165, 1.54) is 12.4 Å². The summed E-state index contributed by atoms with van der Waals surface area (Å²) in [7, 11) is 0. The van der Waals surface area contributed by atoms with E-state index in [9.17, 15) is 4.79 Å². The lowest BCUT2D eigenvalue weighted by atomic mass is 10.2. The number of carbonyl (C=O) groups excluding carboxylic acids is 1. The molecule has 0 spiro atoms. The summed E-state index contributed by atoms with van der Waals surface area (Å²) < 4.78 is 0. The Morgan fingerprint density at radius 2 is 1.92 bits per heavy atom. The number of carbonyl (C=O) groups is 1. The molecule has 0 saturated heterocycles. The molecule has 6 nitrogen and oxygen atoms in total. The molecule has 0 fully saturated rings. The number of nitrogens with one attached hydrogen (secondary N) is 2. The fourth-order valence-corrected chi connectivity index (χ4v) is 2.56. The van der Waals surface area contributed by atoms with Gasteiger partial charge in [0.2, 0.25) is 0 Å². The lowest BCUT2D eigenvalue weighted by Crippen LogP contribution is -2.14. The zero-order chi connectivity index (χ0) is 18.5. The van der Waals surface area contributed by atoms with Crippen molar-refractivity contribution in [1.29, 1.82) is 5.26 Å². The maximum Gasteiger partial charge on any atom is 0.275 e. The average Bonchev–Trinajstić information content (AvgIpc) is 2.64. The molecular weight excluding hydrogens is 373 g/mol. The molecule has 1 heterocycles. The van der Waals surface area contributed by atoms with Crippen molar-refractivity contribution in [2.75, 3.05) is 10.6 Å². The van der Waals surface area contributed by atoms with Crippen LogP contribution in [0.25, 0.3) is 0 Å². The number of anilines is 3. The molecule has 0 atom stereocenters. The number of hydrogen-bond donors (Lipinski definition) is 2. The quantitative estimate of drug-likeness (QED) is 0.683. The first-order valence-corrected chi connectivity index (χ1v) is 8.16. The summed E-state index contributed by atoms with van der Waals surface area (Å²) in [6, 6.07) is 13.6. The summed E-state index contributed by atoms with van der Waals surface area (Å²) in [5, 5.41) is 15.5. The van der Waals surface area contributed by atoms with Crippen LogP contribution < -0.4 is 10.6 Å². The second kappa shape index (κ2) is 7.83. The number of hydrogen-bond acceptors (Lipinski definition) is 5. The molecule has 0 aliphatic heterocycles. The third kappa shape index (κ3) is 4.28. The predicted octanol–water partition coefficient (Wildman–Crippen LogP) is 4.65. The molecule has 0 unspecified atom stereocenters. The Kier molecular flexibility index (Phi) is 5.32. The predicted molar refractivity (Wildman–Crippen MR) is 101 cm³/mol. The SMILES string of the molecule is N#Cc1cccc(NC(=O)c2cnc(Nc3ccc(Cl)cc3Cl)cn2)c1. The minimum Gasteiger partial charge on any atom is -0.338 e. The molecule has 0 aliphatic rings. The van der Waals surface area contributed by atoms with E-state index < -0.39 is 5.91 Å². The van der Waals surface area contributed by atoms with Crippen molar-refractivity contribution in [3.8, 4) is 6.07 Å². The molecule has 0 radical (unpaired) electrons. The molecule has 3 aromatic rings. The fourth-order valence-electron chi connectivity index (χ4n) is 2.10. The first kappa shape index (κ1) is 17.7. The van der Waals surface area contributed by atoms with Crippen LogP contribution in [0.2, 0.25) is 10.0 Å². The summed E-state index contributed by atoms with van der Waals surface area (Å²) in [5.74, 6) is 0.000848. The van der Waals surface area contributed by atoms with Gasteiger partial charge in [-0.3, -0.25) is 4.79 Å². The van der Waals surface area contributed by atoms with E-state index >= 15 is 0 Å². The van der Waals surface area contributed by atoms with Crippen molar-refractivity contribution in [3.63, 3.8) is 0 Å². The zero-order valence-corrected chi connectivity index (χ0v) is 14.7. The monoisotopic (exact) mass is 383 g/mol. The Labute approximate surface area is 159 Å². The van der Waals surface area contributed by atoms with E-state index in [1.54, 1.807) is 42.5 Å². The lowest BCUT2D eigenvalue weighted by molar-refractivity contribution is 0.102. The molecule has 2 aromatic carbocycles. The van der Waals surface area contributed by atoms with E-state index in [-0.39, 0.29) is 5.69 Å². The third-order valence-electron chi connectivity index (χ3n) is 3.33. The number of benzene rings is 2. The van der Waals surface area contributed by atoms with Crippen LogP contribution in [0.3, 0.4) is 0 Å². The Bertz CT molecular complexity index is 999. The lowest BCUT2D eigenvalue weighted by Gasteiger charge is -2.08. The maximum atomic E-state index is 12.2. The Morgan fingerprint density at radius 3 is 2.62 bits per heavy atom. The second-order valence-electron chi connectivity index (χ2n) is 5.18. The fraction of sp³-hybridized carbons (Fsp3) is 0. The van der Waals surface area contributed by atoms with Gasteiger partial charge in [-0.15, -0.1) is 0 Å². The van der Waals surface area contributed by atoms with E-state index in [1.807, 2.05) is 6.07 Å². The number of aromatic nitrogens is 2. The van der Waals surface area contributed by atoms with Gasteiger partial charge >= 0.3 is 0 Å². The van der Waals surface area contributed by atoms with Gasteiger partial charge < -0.3 is 10.6 Å².